The summed E-state index contributed by atoms with van der Waals surface area (Å²) < 4.78 is 62.7. The highest BCUT2D eigenvalue weighted by atomic mass is 35.5. The SMILES string of the molecule is COc1ccc(CCNC(=O)COc2ccc3c(=O)c(-c4ccccc4Cl)c(C(F)(F)F)oc3c2)cc1OC. The van der Waals surface area contributed by atoms with Gasteiger partial charge in [-0.3, -0.25) is 9.59 Å². The van der Waals surface area contributed by atoms with Crippen LogP contribution in [-0.4, -0.2) is 33.3 Å². The van der Waals surface area contributed by atoms with Gasteiger partial charge in [-0.25, -0.2) is 0 Å². The number of nitrogens with one attached hydrogen (secondary N) is 1. The lowest BCUT2D eigenvalue weighted by molar-refractivity contribution is -0.152. The fraction of sp³-hybridized carbons (Fsp3) is 0.214. The molecule has 1 amide bonds. The molecule has 1 heterocycles. The normalized spacial score (nSPS) is 11.3. The number of benzene rings is 3. The minimum Gasteiger partial charge on any atom is -0.493 e. The molecule has 0 fully saturated rings. The van der Waals surface area contributed by atoms with Crippen molar-refractivity contribution in [2.75, 3.05) is 27.4 Å². The van der Waals surface area contributed by atoms with E-state index in [-0.39, 0.29) is 27.3 Å². The fourth-order valence-electron chi connectivity index (χ4n) is 3.95. The Kier molecular flexibility index (Phi) is 8.35. The molecule has 0 aliphatic rings. The third-order valence-electron chi connectivity index (χ3n) is 5.82. The lowest BCUT2D eigenvalue weighted by Crippen LogP contribution is -2.30. The van der Waals surface area contributed by atoms with Gasteiger partial charge >= 0.3 is 6.18 Å². The van der Waals surface area contributed by atoms with E-state index in [1.165, 1.54) is 50.6 Å². The van der Waals surface area contributed by atoms with E-state index >= 15 is 0 Å². The summed E-state index contributed by atoms with van der Waals surface area (Å²) in [6, 6.07) is 14.9. The summed E-state index contributed by atoms with van der Waals surface area (Å²) in [5.41, 5.74) is -1.09. The van der Waals surface area contributed by atoms with Gasteiger partial charge in [-0.2, -0.15) is 13.2 Å². The highest BCUT2D eigenvalue weighted by Gasteiger charge is 2.39. The summed E-state index contributed by atoms with van der Waals surface area (Å²) in [6.07, 6.45) is -4.45. The molecule has 7 nitrogen and oxygen atoms in total. The van der Waals surface area contributed by atoms with Crippen LogP contribution in [0.25, 0.3) is 22.1 Å². The van der Waals surface area contributed by atoms with Crippen molar-refractivity contribution in [2.24, 2.45) is 0 Å². The molecular formula is C28H23ClF3NO6. The van der Waals surface area contributed by atoms with Crippen molar-refractivity contribution in [1.29, 1.82) is 0 Å². The molecule has 3 aromatic carbocycles. The van der Waals surface area contributed by atoms with E-state index < -0.39 is 35.4 Å². The quantitative estimate of drug-likeness (QED) is 0.274. The first kappa shape index (κ1) is 27.8. The molecule has 0 spiro atoms. The van der Waals surface area contributed by atoms with Gasteiger partial charge in [0.2, 0.25) is 11.2 Å². The molecule has 0 radical (unpaired) electrons. The summed E-state index contributed by atoms with van der Waals surface area (Å²) in [7, 11) is 3.06. The number of carbonyl (C=O) groups excluding carboxylic acids is 1. The van der Waals surface area contributed by atoms with Gasteiger partial charge in [0.15, 0.2) is 18.1 Å². The number of alkyl halides is 3. The van der Waals surface area contributed by atoms with E-state index in [0.29, 0.717) is 24.5 Å². The molecule has 0 saturated carbocycles. The molecule has 1 aromatic heterocycles. The maximum atomic E-state index is 13.9. The third kappa shape index (κ3) is 6.28. The van der Waals surface area contributed by atoms with Crippen LogP contribution in [0.1, 0.15) is 11.3 Å². The van der Waals surface area contributed by atoms with Crippen molar-refractivity contribution < 1.29 is 36.6 Å². The van der Waals surface area contributed by atoms with Crippen LogP contribution in [0.15, 0.2) is 69.9 Å². The Morgan fingerprint density at radius 1 is 1.00 bits per heavy atom. The van der Waals surface area contributed by atoms with Crippen LogP contribution in [0.3, 0.4) is 0 Å². The van der Waals surface area contributed by atoms with Crippen LogP contribution < -0.4 is 25.0 Å². The van der Waals surface area contributed by atoms with Crippen LogP contribution in [-0.2, 0) is 17.4 Å². The van der Waals surface area contributed by atoms with Gasteiger partial charge < -0.3 is 23.9 Å². The number of fused-ring (bicyclic) bond motifs is 1. The Bertz CT molecular complexity index is 1570. The van der Waals surface area contributed by atoms with Crippen molar-refractivity contribution >= 4 is 28.5 Å². The number of ether oxygens (including phenoxy) is 3. The fourth-order valence-corrected chi connectivity index (χ4v) is 4.18. The molecule has 1 N–H and O–H groups in total. The minimum absolute atomic E-state index is 0.0215. The molecule has 4 aromatic rings. The average molecular weight is 562 g/mol. The standard InChI is InChI=1S/C28H23ClF3NO6/c1-36-21-10-7-16(13-23(21)37-2)11-12-33-24(34)15-38-17-8-9-19-22(14-17)39-27(28(30,31)32)25(26(19)35)18-5-3-4-6-20(18)29/h3-10,13-14H,11-12,15H2,1-2H3,(H,33,34). The van der Waals surface area contributed by atoms with Gasteiger partial charge in [-0.15, -0.1) is 0 Å². The molecule has 39 heavy (non-hydrogen) atoms. The molecule has 204 valence electrons. The van der Waals surface area contributed by atoms with Crippen molar-refractivity contribution in [3.63, 3.8) is 0 Å². The van der Waals surface area contributed by atoms with Crippen molar-refractivity contribution in [2.45, 2.75) is 12.6 Å². The summed E-state index contributed by atoms with van der Waals surface area (Å²) in [5, 5.41) is 2.59. The van der Waals surface area contributed by atoms with E-state index in [0.717, 1.165) is 11.6 Å². The Balaban J connectivity index is 1.47. The van der Waals surface area contributed by atoms with E-state index in [2.05, 4.69) is 5.32 Å². The Hall–Kier alpha value is -4.18. The number of hydrogen-bond donors (Lipinski definition) is 1. The van der Waals surface area contributed by atoms with Crippen LogP contribution in [0, 0.1) is 0 Å². The van der Waals surface area contributed by atoms with Gasteiger partial charge in [0, 0.05) is 23.2 Å². The second-order valence-electron chi connectivity index (χ2n) is 8.35. The maximum Gasteiger partial charge on any atom is 0.450 e. The summed E-state index contributed by atoms with van der Waals surface area (Å²) in [6.45, 7) is -0.0878. The second-order valence-corrected chi connectivity index (χ2v) is 8.76. The molecule has 0 saturated heterocycles. The smallest absolute Gasteiger partial charge is 0.450 e. The zero-order valence-electron chi connectivity index (χ0n) is 20.9. The third-order valence-corrected chi connectivity index (χ3v) is 6.15. The lowest BCUT2D eigenvalue weighted by Gasteiger charge is -2.14. The first-order chi connectivity index (χ1) is 18.6. The summed E-state index contributed by atoms with van der Waals surface area (Å²) >= 11 is 6.08. The van der Waals surface area contributed by atoms with Gasteiger partial charge in [0.25, 0.3) is 5.91 Å². The number of hydrogen-bond acceptors (Lipinski definition) is 6. The highest BCUT2D eigenvalue weighted by Crippen LogP contribution is 2.39. The van der Waals surface area contributed by atoms with Crippen LogP contribution in [0.2, 0.25) is 5.02 Å². The first-order valence-electron chi connectivity index (χ1n) is 11.7. The minimum atomic E-state index is -4.97. The van der Waals surface area contributed by atoms with Crippen LogP contribution >= 0.6 is 11.6 Å². The Labute approximate surface area is 226 Å². The van der Waals surface area contributed by atoms with Crippen molar-refractivity contribution in [3.05, 3.63) is 87.2 Å². The molecule has 0 unspecified atom stereocenters. The van der Waals surface area contributed by atoms with E-state index in [4.69, 9.17) is 30.2 Å². The van der Waals surface area contributed by atoms with Crippen LogP contribution in [0.5, 0.6) is 17.2 Å². The van der Waals surface area contributed by atoms with Gasteiger partial charge in [-0.05, 0) is 42.3 Å². The molecule has 4 rings (SSSR count). The monoisotopic (exact) mass is 561 g/mol. The number of halogens is 4. The van der Waals surface area contributed by atoms with Gasteiger partial charge in [0.05, 0.1) is 25.2 Å². The van der Waals surface area contributed by atoms with Gasteiger partial charge in [0.1, 0.15) is 11.3 Å². The Morgan fingerprint density at radius 2 is 1.74 bits per heavy atom. The predicted octanol–water partition coefficient (Wildman–Crippen LogP) is 5.89. The molecule has 0 bridgehead atoms. The second kappa shape index (κ2) is 11.7. The maximum absolute atomic E-state index is 13.9. The van der Waals surface area contributed by atoms with Crippen LogP contribution in [0.4, 0.5) is 13.2 Å². The number of rotatable bonds is 9. The topological polar surface area (TPSA) is 87.0 Å². The predicted molar refractivity (Wildman–Crippen MR) is 140 cm³/mol. The molecule has 0 atom stereocenters. The highest BCUT2D eigenvalue weighted by molar-refractivity contribution is 6.33. The largest absolute Gasteiger partial charge is 0.493 e. The average Bonchev–Trinajstić information content (AvgIpc) is 2.91. The molecule has 11 heteroatoms. The number of amides is 1. The van der Waals surface area contributed by atoms with Crippen molar-refractivity contribution in [3.8, 4) is 28.4 Å². The zero-order chi connectivity index (χ0) is 28.2. The summed E-state index contributed by atoms with van der Waals surface area (Å²) in [5.74, 6) is -0.702. The van der Waals surface area contributed by atoms with Gasteiger partial charge in [-0.1, -0.05) is 35.9 Å². The van der Waals surface area contributed by atoms with E-state index in [9.17, 15) is 22.8 Å². The lowest BCUT2D eigenvalue weighted by atomic mass is 10.0. The van der Waals surface area contributed by atoms with E-state index in [1.807, 2.05) is 6.07 Å². The molecule has 0 aliphatic heterocycles. The van der Waals surface area contributed by atoms with E-state index in [1.54, 1.807) is 12.1 Å². The zero-order valence-corrected chi connectivity index (χ0v) is 21.6. The molecular weight excluding hydrogens is 539 g/mol. The summed E-state index contributed by atoms with van der Waals surface area (Å²) in [4.78, 5) is 25.4. The number of methoxy groups -OCH3 is 2. The van der Waals surface area contributed by atoms with Crippen molar-refractivity contribution in [1.82, 2.24) is 5.32 Å². The number of carbonyl (C=O) groups is 1. The first-order valence-corrected chi connectivity index (χ1v) is 12.0. The molecule has 0 aliphatic carbocycles. The Morgan fingerprint density at radius 3 is 2.44 bits per heavy atom.